The third-order valence-electron chi connectivity index (χ3n) is 2.54. The number of carboxylic acids is 2. The summed E-state index contributed by atoms with van der Waals surface area (Å²) in [7, 11) is 0. The molecule has 0 heterocycles. The van der Waals surface area contributed by atoms with E-state index in [-0.39, 0.29) is 18.6 Å². The molecule has 0 rings (SSSR count). The lowest BCUT2D eigenvalue weighted by Gasteiger charge is -2.17. The van der Waals surface area contributed by atoms with Crippen LogP contribution in [0, 0.1) is 12.3 Å². The molecule has 2 amide bonds. The molecule has 0 aliphatic rings. The minimum absolute atomic E-state index is 0.0812. The van der Waals surface area contributed by atoms with Crippen LogP contribution in [0.1, 0.15) is 12.8 Å². The lowest BCUT2D eigenvalue weighted by Crippen LogP contribution is -2.49. The van der Waals surface area contributed by atoms with E-state index < -0.39 is 42.4 Å². The number of hydrogen-bond donors (Lipinski definition) is 5. The molecule has 0 fully saturated rings. The number of carbonyl (C=O) groups is 4. The molecule has 0 unspecified atom stereocenters. The number of nitrogens with one attached hydrogen (secondary N) is 2. The highest BCUT2D eigenvalue weighted by Crippen LogP contribution is 2.04. The first-order valence-electron chi connectivity index (χ1n) is 6.56. The summed E-state index contributed by atoms with van der Waals surface area (Å²) < 4.78 is 0. The second-order valence-corrected chi connectivity index (χ2v) is 5.46. The molecular weight excluding hydrogens is 326 g/mol. The Labute approximate surface area is 137 Å². The van der Waals surface area contributed by atoms with Crippen molar-refractivity contribution in [2.45, 2.75) is 24.9 Å². The van der Waals surface area contributed by atoms with Crippen molar-refractivity contribution in [1.29, 1.82) is 0 Å². The Morgan fingerprint density at radius 2 is 1.91 bits per heavy atom. The lowest BCUT2D eigenvalue weighted by molar-refractivity contribution is -0.139. The van der Waals surface area contributed by atoms with Crippen LogP contribution in [0.25, 0.3) is 0 Å². The summed E-state index contributed by atoms with van der Waals surface area (Å²) in [6.07, 6.45) is 4.84. The maximum Gasteiger partial charge on any atom is 0.322 e. The van der Waals surface area contributed by atoms with Gasteiger partial charge in [0, 0.05) is 12.2 Å². The van der Waals surface area contributed by atoms with Crippen LogP contribution in [0.2, 0.25) is 0 Å². The van der Waals surface area contributed by atoms with E-state index in [1.165, 1.54) is 11.8 Å². The van der Waals surface area contributed by atoms with Gasteiger partial charge >= 0.3 is 11.9 Å². The summed E-state index contributed by atoms with van der Waals surface area (Å²) in [5.41, 5.74) is 5.28. The van der Waals surface area contributed by atoms with E-state index in [2.05, 4.69) is 16.6 Å². The highest BCUT2D eigenvalue weighted by molar-refractivity contribution is 7.99. The van der Waals surface area contributed by atoms with Crippen LogP contribution in [0.15, 0.2) is 0 Å². The van der Waals surface area contributed by atoms with E-state index in [1.54, 1.807) is 0 Å². The van der Waals surface area contributed by atoms with Crippen LogP contribution in [-0.2, 0) is 19.2 Å². The zero-order chi connectivity index (χ0) is 17.8. The Hall–Kier alpha value is -2.25. The number of amides is 2. The number of thioether (sulfide) groups is 1. The standard InChI is InChI=1S/C13H19N3O6S/c1-2-5-23-7-9(12(20)15-6-11(18)19)16-10(17)4-3-8(14)13(21)22/h1,8-9H,3-7,14H2,(H,15,20)(H,16,17)(H,18,19)(H,21,22)/t8-,9-/m1/s1. The highest BCUT2D eigenvalue weighted by Gasteiger charge is 2.22. The first kappa shape index (κ1) is 20.8. The van der Waals surface area contributed by atoms with Crippen molar-refractivity contribution in [3.63, 3.8) is 0 Å². The number of nitrogens with two attached hydrogens (primary N) is 1. The molecule has 0 aliphatic heterocycles. The first-order chi connectivity index (χ1) is 10.8. The molecule has 0 aromatic carbocycles. The van der Waals surface area contributed by atoms with Crippen molar-refractivity contribution in [2.75, 3.05) is 18.1 Å². The van der Waals surface area contributed by atoms with Gasteiger partial charge in [-0.1, -0.05) is 5.92 Å². The Balaban J connectivity index is 4.51. The maximum absolute atomic E-state index is 11.9. The van der Waals surface area contributed by atoms with Gasteiger partial charge < -0.3 is 26.6 Å². The molecule has 10 heteroatoms. The number of rotatable bonds is 11. The monoisotopic (exact) mass is 345 g/mol. The third-order valence-corrected chi connectivity index (χ3v) is 3.47. The van der Waals surface area contributed by atoms with Crippen LogP contribution in [0.4, 0.5) is 0 Å². The van der Waals surface area contributed by atoms with Crippen molar-refractivity contribution >= 4 is 35.5 Å². The van der Waals surface area contributed by atoms with Crippen LogP contribution in [0.5, 0.6) is 0 Å². The van der Waals surface area contributed by atoms with Crippen LogP contribution in [-0.4, -0.2) is 64.1 Å². The van der Waals surface area contributed by atoms with E-state index in [9.17, 15) is 19.2 Å². The predicted molar refractivity (Wildman–Crippen MR) is 83.6 cm³/mol. The number of hydrogen-bond acceptors (Lipinski definition) is 6. The van der Waals surface area contributed by atoms with Gasteiger partial charge in [0.25, 0.3) is 0 Å². The van der Waals surface area contributed by atoms with Gasteiger partial charge in [0.15, 0.2) is 0 Å². The quantitative estimate of drug-likeness (QED) is 0.217. The Kier molecular flexibility index (Phi) is 10.2. The molecule has 0 aliphatic carbocycles. The zero-order valence-corrected chi connectivity index (χ0v) is 13.1. The molecule has 0 aromatic heterocycles. The molecule has 0 radical (unpaired) electrons. The van der Waals surface area contributed by atoms with Crippen molar-refractivity contribution in [3.05, 3.63) is 0 Å². The molecular formula is C13H19N3O6S. The topological polar surface area (TPSA) is 159 Å². The zero-order valence-electron chi connectivity index (χ0n) is 12.3. The van der Waals surface area contributed by atoms with Gasteiger partial charge in [-0.15, -0.1) is 18.2 Å². The predicted octanol–water partition coefficient (Wildman–Crippen LogP) is -1.77. The molecule has 23 heavy (non-hydrogen) atoms. The minimum atomic E-state index is -1.22. The highest BCUT2D eigenvalue weighted by atomic mass is 32.2. The normalized spacial score (nSPS) is 12.5. The maximum atomic E-state index is 11.9. The lowest BCUT2D eigenvalue weighted by atomic mass is 10.1. The average Bonchev–Trinajstić information content (AvgIpc) is 2.49. The smallest absolute Gasteiger partial charge is 0.322 e. The fourth-order valence-electron chi connectivity index (χ4n) is 1.38. The summed E-state index contributed by atoms with van der Waals surface area (Å²) in [4.78, 5) is 44.6. The van der Waals surface area contributed by atoms with E-state index in [1.807, 2.05) is 0 Å². The summed E-state index contributed by atoms with van der Waals surface area (Å²) >= 11 is 1.22. The second kappa shape index (κ2) is 11.3. The Morgan fingerprint density at radius 3 is 2.43 bits per heavy atom. The van der Waals surface area contributed by atoms with Gasteiger partial charge in [-0.05, 0) is 6.42 Å². The second-order valence-electron chi connectivity index (χ2n) is 4.43. The minimum Gasteiger partial charge on any atom is -0.480 e. The summed E-state index contributed by atoms with van der Waals surface area (Å²) in [5, 5.41) is 21.7. The number of carboxylic acid groups (broad SMARTS) is 2. The molecule has 0 aromatic rings. The van der Waals surface area contributed by atoms with E-state index in [0.29, 0.717) is 5.75 Å². The largest absolute Gasteiger partial charge is 0.480 e. The van der Waals surface area contributed by atoms with Crippen molar-refractivity contribution in [2.24, 2.45) is 5.73 Å². The first-order valence-corrected chi connectivity index (χ1v) is 7.71. The summed E-state index contributed by atoms with van der Waals surface area (Å²) in [6, 6.07) is -2.14. The van der Waals surface area contributed by atoms with Gasteiger partial charge in [0.1, 0.15) is 18.6 Å². The number of carbonyl (C=O) groups excluding carboxylic acids is 2. The van der Waals surface area contributed by atoms with Crippen molar-refractivity contribution in [3.8, 4) is 12.3 Å². The third kappa shape index (κ3) is 10.2. The Bertz CT molecular complexity index is 491. The molecule has 0 saturated heterocycles. The molecule has 2 atom stereocenters. The van der Waals surface area contributed by atoms with E-state index >= 15 is 0 Å². The number of aliphatic carboxylic acids is 2. The molecule has 0 saturated carbocycles. The Morgan fingerprint density at radius 1 is 1.26 bits per heavy atom. The van der Waals surface area contributed by atoms with Gasteiger partial charge in [0.05, 0.1) is 5.75 Å². The average molecular weight is 345 g/mol. The fourth-order valence-corrected chi connectivity index (χ4v) is 2.09. The van der Waals surface area contributed by atoms with Crippen LogP contribution in [0.3, 0.4) is 0 Å². The summed E-state index contributed by atoms with van der Waals surface area (Å²) in [6.45, 7) is -0.575. The van der Waals surface area contributed by atoms with E-state index in [4.69, 9.17) is 22.4 Å². The fraction of sp³-hybridized carbons (Fsp3) is 0.538. The van der Waals surface area contributed by atoms with Crippen LogP contribution < -0.4 is 16.4 Å². The summed E-state index contributed by atoms with van der Waals surface area (Å²) in [5.74, 6) is -0.814. The molecule has 0 spiro atoms. The van der Waals surface area contributed by atoms with Crippen molar-refractivity contribution in [1.82, 2.24) is 10.6 Å². The SMILES string of the molecule is C#CCSC[C@@H](NC(=O)CC[C@@H](N)C(=O)O)C(=O)NCC(=O)O. The van der Waals surface area contributed by atoms with Crippen LogP contribution >= 0.6 is 11.8 Å². The molecule has 6 N–H and O–H groups in total. The number of terminal acetylenes is 1. The van der Waals surface area contributed by atoms with Gasteiger partial charge in [-0.25, -0.2) is 0 Å². The van der Waals surface area contributed by atoms with Gasteiger partial charge in [-0.3, -0.25) is 19.2 Å². The van der Waals surface area contributed by atoms with Crippen molar-refractivity contribution < 1.29 is 29.4 Å². The van der Waals surface area contributed by atoms with Gasteiger partial charge in [0.2, 0.25) is 11.8 Å². The molecule has 128 valence electrons. The molecule has 0 bridgehead atoms. The molecule has 9 nitrogen and oxygen atoms in total. The van der Waals surface area contributed by atoms with Gasteiger partial charge in [-0.2, -0.15) is 0 Å². The van der Waals surface area contributed by atoms with E-state index in [0.717, 1.165) is 0 Å².